The van der Waals surface area contributed by atoms with Crippen LogP contribution in [0.15, 0.2) is 0 Å². The molecule has 1 saturated heterocycles. The average Bonchev–Trinajstić information content (AvgIpc) is 2.37. The van der Waals surface area contributed by atoms with Gasteiger partial charge in [0.2, 0.25) is 0 Å². The lowest BCUT2D eigenvalue weighted by Gasteiger charge is -2.30. The minimum absolute atomic E-state index is 0.0158. The second kappa shape index (κ2) is 7.24. The third-order valence-electron chi connectivity index (χ3n) is 3.62. The molecule has 0 saturated carbocycles. The maximum Gasteiger partial charge on any atom is 0.309 e. The lowest BCUT2D eigenvalue weighted by Crippen LogP contribution is -2.40. The monoisotopic (exact) mass is 291 g/mol. The molecule has 0 bridgehead atoms. The number of carbonyl (C=O) groups is 1. The molecule has 0 aromatic rings. The molecule has 5 nitrogen and oxygen atoms in total. The van der Waals surface area contributed by atoms with E-state index in [9.17, 15) is 13.2 Å². The summed E-state index contributed by atoms with van der Waals surface area (Å²) in [5.41, 5.74) is 0. The second-order valence-electron chi connectivity index (χ2n) is 5.28. The Bertz CT molecular complexity index is 383. The van der Waals surface area contributed by atoms with Gasteiger partial charge in [0, 0.05) is 6.54 Å². The molecule has 0 N–H and O–H groups in total. The molecule has 1 aliphatic rings. The van der Waals surface area contributed by atoms with E-state index < -0.39 is 9.84 Å². The summed E-state index contributed by atoms with van der Waals surface area (Å²) < 4.78 is 28.5. The standard InChI is InChI=1S/C13H25NO4S/c1-4-18-13(15)12-5-7-14(8-6-12)9-10-19(16,17)11(2)3/h11-12H,4-10H2,1-3H3. The summed E-state index contributed by atoms with van der Waals surface area (Å²) in [7, 11) is -2.97. The van der Waals surface area contributed by atoms with Crippen molar-refractivity contribution in [1.82, 2.24) is 4.90 Å². The molecular formula is C13H25NO4S. The highest BCUT2D eigenvalue weighted by atomic mass is 32.2. The molecule has 0 aromatic carbocycles. The molecule has 1 rings (SSSR count). The van der Waals surface area contributed by atoms with Crippen LogP contribution in [-0.4, -0.2) is 56.5 Å². The predicted molar refractivity (Wildman–Crippen MR) is 74.7 cm³/mol. The van der Waals surface area contributed by atoms with Crippen molar-refractivity contribution < 1.29 is 17.9 Å². The van der Waals surface area contributed by atoms with Gasteiger partial charge in [0.05, 0.1) is 23.5 Å². The highest BCUT2D eigenvalue weighted by Crippen LogP contribution is 2.18. The molecule has 0 atom stereocenters. The fourth-order valence-corrected chi connectivity index (χ4v) is 3.13. The molecule has 0 aliphatic carbocycles. The number of sulfone groups is 1. The van der Waals surface area contributed by atoms with Crippen molar-refractivity contribution in [2.24, 2.45) is 5.92 Å². The van der Waals surface area contributed by atoms with E-state index in [1.807, 2.05) is 6.92 Å². The van der Waals surface area contributed by atoms with Crippen molar-refractivity contribution in [3.05, 3.63) is 0 Å². The molecule has 0 spiro atoms. The number of likely N-dealkylation sites (tertiary alicyclic amines) is 1. The van der Waals surface area contributed by atoms with E-state index in [0.29, 0.717) is 13.2 Å². The maximum absolute atomic E-state index is 11.7. The van der Waals surface area contributed by atoms with Crippen LogP contribution in [0.4, 0.5) is 0 Å². The number of carbonyl (C=O) groups excluding carboxylic acids is 1. The van der Waals surface area contributed by atoms with E-state index in [-0.39, 0.29) is 22.9 Å². The largest absolute Gasteiger partial charge is 0.466 e. The molecule has 0 aromatic heterocycles. The average molecular weight is 291 g/mol. The molecule has 0 unspecified atom stereocenters. The molecule has 19 heavy (non-hydrogen) atoms. The van der Waals surface area contributed by atoms with E-state index >= 15 is 0 Å². The Hall–Kier alpha value is -0.620. The minimum Gasteiger partial charge on any atom is -0.466 e. The first kappa shape index (κ1) is 16.4. The van der Waals surface area contributed by atoms with Gasteiger partial charge in [-0.2, -0.15) is 0 Å². The number of hydrogen-bond donors (Lipinski definition) is 0. The van der Waals surface area contributed by atoms with E-state index in [1.54, 1.807) is 13.8 Å². The predicted octanol–water partition coefficient (Wildman–Crippen LogP) is 1.08. The highest BCUT2D eigenvalue weighted by molar-refractivity contribution is 7.92. The Morgan fingerprint density at radius 1 is 1.32 bits per heavy atom. The van der Waals surface area contributed by atoms with Gasteiger partial charge in [-0.15, -0.1) is 0 Å². The number of ether oxygens (including phenoxy) is 1. The van der Waals surface area contributed by atoms with Crippen LogP contribution in [0.25, 0.3) is 0 Å². The molecule has 0 radical (unpaired) electrons. The molecule has 1 fully saturated rings. The minimum atomic E-state index is -2.97. The molecule has 0 amide bonds. The van der Waals surface area contributed by atoms with E-state index in [2.05, 4.69) is 4.90 Å². The summed E-state index contributed by atoms with van der Waals surface area (Å²) in [6, 6.07) is 0. The number of nitrogens with zero attached hydrogens (tertiary/aromatic N) is 1. The van der Waals surface area contributed by atoms with Crippen molar-refractivity contribution in [2.45, 2.75) is 38.9 Å². The van der Waals surface area contributed by atoms with Crippen LogP contribution in [0.5, 0.6) is 0 Å². The molecule has 112 valence electrons. The number of piperidine rings is 1. The molecule has 1 heterocycles. The van der Waals surface area contributed by atoms with Crippen molar-refractivity contribution in [1.29, 1.82) is 0 Å². The zero-order valence-electron chi connectivity index (χ0n) is 12.1. The van der Waals surface area contributed by atoms with Gasteiger partial charge in [0.25, 0.3) is 0 Å². The van der Waals surface area contributed by atoms with Gasteiger partial charge in [-0.3, -0.25) is 4.79 Å². The summed E-state index contributed by atoms with van der Waals surface area (Å²) in [6.45, 7) is 7.77. The first-order chi connectivity index (χ1) is 8.86. The Morgan fingerprint density at radius 2 is 1.89 bits per heavy atom. The van der Waals surface area contributed by atoms with Crippen molar-refractivity contribution in [2.75, 3.05) is 32.0 Å². The van der Waals surface area contributed by atoms with E-state index in [0.717, 1.165) is 25.9 Å². The maximum atomic E-state index is 11.7. The van der Waals surface area contributed by atoms with Gasteiger partial charge >= 0.3 is 5.97 Å². The lowest BCUT2D eigenvalue weighted by molar-refractivity contribution is -0.149. The SMILES string of the molecule is CCOC(=O)C1CCN(CCS(=O)(=O)C(C)C)CC1. The normalized spacial score (nSPS) is 18.7. The highest BCUT2D eigenvalue weighted by Gasteiger charge is 2.26. The summed E-state index contributed by atoms with van der Waals surface area (Å²) in [6.07, 6.45) is 1.53. The van der Waals surface area contributed by atoms with Crippen LogP contribution in [0, 0.1) is 5.92 Å². The first-order valence-electron chi connectivity index (χ1n) is 6.97. The van der Waals surface area contributed by atoms with Gasteiger partial charge in [0.15, 0.2) is 9.84 Å². The van der Waals surface area contributed by atoms with Gasteiger partial charge in [-0.25, -0.2) is 8.42 Å². The summed E-state index contributed by atoms with van der Waals surface area (Å²) in [5.74, 6) is 0.0734. The summed E-state index contributed by atoms with van der Waals surface area (Å²) in [5, 5.41) is -0.315. The smallest absolute Gasteiger partial charge is 0.309 e. The van der Waals surface area contributed by atoms with Crippen LogP contribution >= 0.6 is 0 Å². The Morgan fingerprint density at radius 3 is 2.37 bits per heavy atom. The van der Waals surface area contributed by atoms with Crippen LogP contribution in [-0.2, 0) is 19.4 Å². The van der Waals surface area contributed by atoms with Crippen LogP contribution in [0.3, 0.4) is 0 Å². The number of rotatable bonds is 6. The number of esters is 1. The fraction of sp³-hybridized carbons (Fsp3) is 0.923. The quantitative estimate of drug-likeness (QED) is 0.685. The second-order valence-corrected chi connectivity index (χ2v) is 7.96. The topological polar surface area (TPSA) is 63.7 Å². The first-order valence-corrected chi connectivity index (χ1v) is 8.69. The van der Waals surface area contributed by atoms with Crippen molar-refractivity contribution in [3.63, 3.8) is 0 Å². The van der Waals surface area contributed by atoms with E-state index in [4.69, 9.17) is 4.74 Å². The van der Waals surface area contributed by atoms with Gasteiger partial charge in [0.1, 0.15) is 0 Å². The summed E-state index contributed by atoms with van der Waals surface area (Å²) in [4.78, 5) is 13.7. The molecule has 1 aliphatic heterocycles. The lowest BCUT2D eigenvalue weighted by atomic mass is 9.97. The van der Waals surface area contributed by atoms with E-state index in [1.165, 1.54) is 0 Å². The van der Waals surface area contributed by atoms with Crippen molar-refractivity contribution >= 4 is 15.8 Å². The van der Waals surface area contributed by atoms with Crippen LogP contribution < -0.4 is 0 Å². The van der Waals surface area contributed by atoms with Gasteiger partial charge < -0.3 is 9.64 Å². The number of hydrogen-bond acceptors (Lipinski definition) is 5. The molecule has 6 heteroatoms. The van der Waals surface area contributed by atoms with Gasteiger partial charge in [-0.05, 0) is 46.7 Å². The molecular weight excluding hydrogens is 266 g/mol. The Kier molecular flexibility index (Phi) is 6.26. The van der Waals surface area contributed by atoms with Crippen LogP contribution in [0.2, 0.25) is 0 Å². The Labute approximate surface area is 116 Å². The third-order valence-corrected chi connectivity index (χ3v) is 5.81. The van der Waals surface area contributed by atoms with Crippen LogP contribution in [0.1, 0.15) is 33.6 Å². The summed E-state index contributed by atoms with van der Waals surface area (Å²) >= 11 is 0. The third kappa shape index (κ3) is 5.10. The fourth-order valence-electron chi connectivity index (χ4n) is 2.14. The zero-order chi connectivity index (χ0) is 14.5. The zero-order valence-corrected chi connectivity index (χ0v) is 12.9. The van der Waals surface area contributed by atoms with Gasteiger partial charge in [-0.1, -0.05) is 0 Å². The van der Waals surface area contributed by atoms with Crippen molar-refractivity contribution in [3.8, 4) is 0 Å². The Balaban J connectivity index is 2.33.